The van der Waals surface area contributed by atoms with E-state index in [2.05, 4.69) is 10.3 Å². The molecule has 2 amide bonds. The number of aryl methyl sites for hydroxylation is 1. The van der Waals surface area contributed by atoms with E-state index in [1.807, 2.05) is 30.3 Å². The molecule has 4 rings (SSSR count). The number of hydrogen-bond donors (Lipinski definition) is 3. The van der Waals surface area contributed by atoms with Gasteiger partial charge < -0.3 is 20.7 Å². The molecule has 0 unspecified atom stereocenters. The van der Waals surface area contributed by atoms with Gasteiger partial charge in [0.1, 0.15) is 11.6 Å². The van der Waals surface area contributed by atoms with Crippen LogP contribution in [-0.4, -0.2) is 35.0 Å². The zero-order chi connectivity index (χ0) is 23.5. The summed E-state index contributed by atoms with van der Waals surface area (Å²) in [5.74, 6) is -0.219. The van der Waals surface area contributed by atoms with Gasteiger partial charge in [-0.25, -0.2) is 4.79 Å². The van der Waals surface area contributed by atoms with Gasteiger partial charge in [-0.15, -0.1) is 0 Å². The molecule has 2 aromatic carbocycles. The van der Waals surface area contributed by atoms with Crippen molar-refractivity contribution >= 4 is 29.0 Å². The number of rotatable bonds is 6. The van der Waals surface area contributed by atoms with Gasteiger partial charge in [0.2, 0.25) is 5.91 Å². The van der Waals surface area contributed by atoms with Crippen LogP contribution in [0, 0.1) is 0 Å². The molecule has 0 spiro atoms. The van der Waals surface area contributed by atoms with Gasteiger partial charge in [-0.05, 0) is 35.7 Å². The number of nitrogens with two attached hydrogens (primary N) is 1. The number of anilines is 3. The minimum absolute atomic E-state index is 0.0376. The number of amides is 2. The molecule has 33 heavy (non-hydrogen) atoms. The standard InChI is InChI=1S/C23H23N5O5/c1-27(19(30)13-33-16-8-9-17-15(11-16)7-10-18(29)25-17)20-21(24)28(23(32)26-22(20)31)12-14-5-3-2-4-6-14/h2-6,8-9,11H,7,10,12-13,24H2,1H3,(H,25,29)(H,26,31,32). The number of H-pyrrole nitrogens is 1. The van der Waals surface area contributed by atoms with E-state index in [0.29, 0.717) is 18.6 Å². The molecule has 1 aromatic heterocycles. The smallest absolute Gasteiger partial charge is 0.330 e. The van der Waals surface area contributed by atoms with E-state index in [-0.39, 0.29) is 30.6 Å². The molecule has 2 heterocycles. The zero-order valence-corrected chi connectivity index (χ0v) is 18.0. The highest BCUT2D eigenvalue weighted by Gasteiger charge is 2.22. The summed E-state index contributed by atoms with van der Waals surface area (Å²) in [6.07, 6.45) is 0.972. The molecule has 0 bridgehead atoms. The fourth-order valence-corrected chi connectivity index (χ4v) is 3.64. The minimum Gasteiger partial charge on any atom is -0.484 e. The molecule has 0 aliphatic carbocycles. The van der Waals surface area contributed by atoms with Crippen LogP contribution in [0.25, 0.3) is 0 Å². The molecule has 0 atom stereocenters. The van der Waals surface area contributed by atoms with E-state index in [4.69, 9.17) is 10.5 Å². The Morgan fingerprint density at radius 2 is 1.88 bits per heavy atom. The number of carbonyl (C=O) groups excluding carboxylic acids is 2. The number of ether oxygens (including phenoxy) is 1. The average Bonchev–Trinajstić information content (AvgIpc) is 2.80. The van der Waals surface area contributed by atoms with E-state index in [1.54, 1.807) is 18.2 Å². The molecule has 10 nitrogen and oxygen atoms in total. The number of aromatic amines is 1. The van der Waals surface area contributed by atoms with Crippen molar-refractivity contribution in [2.45, 2.75) is 19.4 Å². The Bertz CT molecular complexity index is 1330. The Balaban J connectivity index is 1.51. The SMILES string of the molecule is CN(C(=O)COc1ccc2c(c1)CCC(=O)N2)c1c(N)n(Cc2ccccc2)c(=O)[nH]c1=O. The molecule has 4 N–H and O–H groups in total. The van der Waals surface area contributed by atoms with Crippen molar-refractivity contribution in [3.63, 3.8) is 0 Å². The molecular weight excluding hydrogens is 426 g/mol. The maximum Gasteiger partial charge on any atom is 0.330 e. The quantitative estimate of drug-likeness (QED) is 0.515. The van der Waals surface area contributed by atoms with E-state index >= 15 is 0 Å². The molecule has 0 radical (unpaired) electrons. The van der Waals surface area contributed by atoms with Crippen LogP contribution in [-0.2, 0) is 22.6 Å². The molecule has 1 aliphatic heterocycles. The molecular formula is C23H23N5O5. The summed E-state index contributed by atoms with van der Waals surface area (Å²) < 4.78 is 6.81. The lowest BCUT2D eigenvalue weighted by Gasteiger charge is -2.21. The van der Waals surface area contributed by atoms with E-state index in [0.717, 1.165) is 21.7 Å². The highest BCUT2D eigenvalue weighted by molar-refractivity contribution is 5.96. The normalized spacial score (nSPS) is 12.6. The van der Waals surface area contributed by atoms with Crippen molar-refractivity contribution < 1.29 is 14.3 Å². The molecule has 0 fully saturated rings. The molecule has 3 aromatic rings. The molecule has 1 aliphatic rings. The summed E-state index contributed by atoms with van der Waals surface area (Å²) in [6.45, 7) is -0.210. The van der Waals surface area contributed by atoms with Gasteiger partial charge in [0.15, 0.2) is 12.3 Å². The van der Waals surface area contributed by atoms with Crippen LogP contribution in [0.1, 0.15) is 17.5 Å². The number of nitrogens with one attached hydrogen (secondary N) is 2. The molecule has 170 valence electrons. The summed E-state index contributed by atoms with van der Waals surface area (Å²) in [6, 6.07) is 14.3. The predicted molar refractivity (Wildman–Crippen MR) is 124 cm³/mol. The zero-order valence-electron chi connectivity index (χ0n) is 18.0. The lowest BCUT2D eigenvalue weighted by atomic mass is 10.0. The third-order valence-electron chi connectivity index (χ3n) is 5.44. The van der Waals surface area contributed by atoms with Crippen molar-refractivity contribution in [3.05, 3.63) is 80.5 Å². The number of carbonyl (C=O) groups is 2. The third-order valence-corrected chi connectivity index (χ3v) is 5.44. The van der Waals surface area contributed by atoms with Crippen LogP contribution in [0.15, 0.2) is 58.1 Å². The second-order valence-electron chi connectivity index (χ2n) is 7.67. The first kappa shape index (κ1) is 21.9. The maximum atomic E-state index is 12.8. The van der Waals surface area contributed by atoms with Gasteiger partial charge in [-0.1, -0.05) is 30.3 Å². The van der Waals surface area contributed by atoms with Crippen molar-refractivity contribution in [3.8, 4) is 5.75 Å². The number of benzene rings is 2. The molecule has 0 saturated heterocycles. The highest BCUT2D eigenvalue weighted by atomic mass is 16.5. The van der Waals surface area contributed by atoms with Crippen molar-refractivity contribution in [2.24, 2.45) is 0 Å². The number of nitrogen functional groups attached to an aromatic ring is 1. The van der Waals surface area contributed by atoms with Crippen LogP contribution in [0.5, 0.6) is 5.75 Å². The topological polar surface area (TPSA) is 140 Å². The number of aromatic nitrogens is 2. The summed E-state index contributed by atoms with van der Waals surface area (Å²) >= 11 is 0. The van der Waals surface area contributed by atoms with Crippen LogP contribution in [0.2, 0.25) is 0 Å². The van der Waals surface area contributed by atoms with Gasteiger partial charge in [0, 0.05) is 19.2 Å². The Morgan fingerprint density at radius 3 is 2.64 bits per heavy atom. The van der Waals surface area contributed by atoms with Gasteiger partial charge in [-0.3, -0.25) is 23.9 Å². The first-order valence-corrected chi connectivity index (χ1v) is 10.3. The second kappa shape index (κ2) is 9.03. The Labute approximate surface area is 188 Å². The minimum atomic E-state index is -0.762. The number of hydrogen-bond acceptors (Lipinski definition) is 6. The van der Waals surface area contributed by atoms with Crippen LogP contribution in [0.3, 0.4) is 0 Å². The maximum absolute atomic E-state index is 12.8. The summed E-state index contributed by atoms with van der Waals surface area (Å²) in [5.41, 5.74) is 7.04. The van der Waals surface area contributed by atoms with E-state index in [9.17, 15) is 19.2 Å². The first-order valence-electron chi connectivity index (χ1n) is 10.3. The fraction of sp³-hybridized carbons (Fsp3) is 0.217. The largest absolute Gasteiger partial charge is 0.484 e. The van der Waals surface area contributed by atoms with Gasteiger partial charge >= 0.3 is 5.69 Å². The van der Waals surface area contributed by atoms with Crippen LogP contribution in [0.4, 0.5) is 17.2 Å². The first-order chi connectivity index (χ1) is 15.8. The Kier molecular flexibility index (Phi) is 5.99. The van der Waals surface area contributed by atoms with Crippen molar-refractivity contribution in [1.82, 2.24) is 9.55 Å². The second-order valence-corrected chi connectivity index (χ2v) is 7.67. The summed E-state index contributed by atoms with van der Waals surface area (Å²) in [5, 5.41) is 2.78. The third kappa shape index (κ3) is 4.64. The van der Waals surface area contributed by atoms with E-state index in [1.165, 1.54) is 11.6 Å². The number of fused-ring (bicyclic) bond motifs is 1. The molecule has 0 saturated carbocycles. The predicted octanol–water partition coefficient (Wildman–Crippen LogP) is 1.09. The number of nitrogens with zero attached hydrogens (tertiary/aromatic N) is 2. The lowest BCUT2D eigenvalue weighted by molar-refractivity contribution is -0.120. The van der Waals surface area contributed by atoms with Crippen molar-refractivity contribution in [2.75, 3.05) is 29.6 Å². The molecule has 10 heteroatoms. The van der Waals surface area contributed by atoms with Crippen LogP contribution >= 0.6 is 0 Å². The monoisotopic (exact) mass is 449 g/mol. The van der Waals surface area contributed by atoms with Crippen LogP contribution < -0.4 is 31.9 Å². The van der Waals surface area contributed by atoms with Gasteiger partial charge in [0.25, 0.3) is 11.5 Å². The highest BCUT2D eigenvalue weighted by Crippen LogP contribution is 2.27. The summed E-state index contributed by atoms with van der Waals surface area (Å²) in [7, 11) is 1.40. The Morgan fingerprint density at radius 1 is 1.12 bits per heavy atom. The summed E-state index contributed by atoms with van der Waals surface area (Å²) in [4.78, 5) is 52.3. The number of likely N-dealkylation sites (N-methyl/N-ethyl adjacent to an activating group) is 1. The Hall–Kier alpha value is -4.34. The van der Waals surface area contributed by atoms with E-state index < -0.39 is 17.2 Å². The lowest BCUT2D eigenvalue weighted by Crippen LogP contribution is -2.41. The average molecular weight is 449 g/mol. The fourth-order valence-electron chi connectivity index (χ4n) is 3.64. The van der Waals surface area contributed by atoms with Gasteiger partial charge in [0.05, 0.1) is 6.54 Å². The van der Waals surface area contributed by atoms with Crippen molar-refractivity contribution in [1.29, 1.82) is 0 Å². The van der Waals surface area contributed by atoms with Gasteiger partial charge in [-0.2, -0.15) is 0 Å².